The summed E-state index contributed by atoms with van der Waals surface area (Å²) in [6.45, 7) is 1.25. The molecule has 3 aromatic rings. The first-order chi connectivity index (χ1) is 13.4. The number of hydrogen-bond acceptors (Lipinski definition) is 6. The van der Waals surface area contributed by atoms with Crippen LogP contribution in [0.4, 0.5) is 13.9 Å². The molecule has 0 aliphatic rings. The summed E-state index contributed by atoms with van der Waals surface area (Å²) in [4.78, 5) is 27.5. The summed E-state index contributed by atoms with van der Waals surface area (Å²) in [6.07, 6.45) is 2.56. The van der Waals surface area contributed by atoms with E-state index >= 15 is 0 Å². The van der Waals surface area contributed by atoms with Crippen molar-refractivity contribution in [3.63, 3.8) is 0 Å². The third kappa shape index (κ3) is 5.10. The molecule has 144 valence electrons. The topological polar surface area (TPSA) is 81.4 Å². The minimum Gasteiger partial charge on any atom is -0.462 e. The zero-order valence-electron chi connectivity index (χ0n) is 14.6. The average Bonchev–Trinajstić information content (AvgIpc) is 3.29. The molecule has 0 bridgehead atoms. The molecule has 3 rings (SSSR count). The highest BCUT2D eigenvalue weighted by Gasteiger charge is 2.13. The summed E-state index contributed by atoms with van der Waals surface area (Å²) in [6, 6.07) is 6.46. The summed E-state index contributed by atoms with van der Waals surface area (Å²) in [5, 5.41) is 4.08. The predicted molar refractivity (Wildman–Crippen MR) is 99.5 cm³/mol. The normalized spacial score (nSPS) is 11.0. The third-order valence-electron chi connectivity index (χ3n) is 3.45. The van der Waals surface area contributed by atoms with Crippen molar-refractivity contribution in [2.24, 2.45) is 0 Å². The number of rotatable bonds is 6. The number of nitrogens with one attached hydrogen (secondary N) is 1. The second-order valence-corrected chi connectivity index (χ2v) is 6.46. The van der Waals surface area contributed by atoms with Gasteiger partial charge in [-0.25, -0.2) is 18.6 Å². The molecule has 0 atom stereocenters. The third-order valence-corrected chi connectivity index (χ3v) is 4.20. The second-order valence-electron chi connectivity index (χ2n) is 5.60. The molecule has 0 saturated carbocycles. The molecular formula is C19H14F2N2O4S. The van der Waals surface area contributed by atoms with E-state index in [9.17, 15) is 18.4 Å². The van der Waals surface area contributed by atoms with Crippen LogP contribution in [0.2, 0.25) is 0 Å². The lowest BCUT2D eigenvalue weighted by molar-refractivity contribution is -0.142. The van der Waals surface area contributed by atoms with Crippen LogP contribution in [0.1, 0.15) is 11.5 Å². The molecule has 2 aromatic heterocycles. The molecule has 2 heterocycles. The quantitative estimate of drug-likeness (QED) is 0.492. The Morgan fingerprint density at radius 2 is 2.11 bits per heavy atom. The maximum Gasteiger partial charge on any atom is 0.331 e. The van der Waals surface area contributed by atoms with Crippen molar-refractivity contribution in [2.75, 3.05) is 11.9 Å². The number of anilines is 1. The van der Waals surface area contributed by atoms with Gasteiger partial charge in [-0.3, -0.25) is 10.1 Å². The maximum atomic E-state index is 13.8. The molecular weight excluding hydrogens is 390 g/mol. The van der Waals surface area contributed by atoms with Crippen LogP contribution in [-0.4, -0.2) is 23.5 Å². The number of aryl methyl sites for hydroxylation is 1. The van der Waals surface area contributed by atoms with E-state index in [0.29, 0.717) is 11.5 Å². The van der Waals surface area contributed by atoms with Crippen LogP contribution in [0.25, 0.3) is 17.3 Å². The molecule has 0 aliphatic heterocycles. The Labute approximate surface area is 162 Å². The molecule has 6 nitrogen and oxygen atoms in total. The fourth-order valence-corrected chi connectivity index (χ4v) is 2.91. The standard InChI is InChI=1S/C19H14F2N2O4S/c1-11-2-4-13(27-11)5-7-18(25)26-9-17(24)23-19-22-16(10-28-19)14-8-12(20)3-6-15(14)21/h2-8,10H,9H2,1H3,(H,22,23,24)/b7-5+. The Kier molecular flexibility index (Phi) is 5.95. The monoisotopic (exact) mass is 404 g/mol. The van der Waals surface area contributed by atoms with Crippen molar-refractivity contribution in [2.45, 2.75) is 6.92 Å². The summed E-state index contributed by atoms with van der Waals surface area (Å²) < 4.78 is 37.1. The highest BCUT2D eigenvalue weighted by Crippen LogP contribution is 2.27. The van der Waals surface area contributed by atoms with E-state index in [4.69, 9.17) is 9.15 Å². The predicted octanol–water partition coefficient (Wildman–Crippen LogP) is 4.18. The number of halogens is 2. The van der Waals surface area contributed by atoms with Gasteiger partial charge in [0.05, 0.1) is 5.69 Å². The number of benzene rings is 1. The van der Waals surface area contributed by atoms with Gasteiger partial charge < -0.3 is 9.15 Å². The van der Waals surface area contributed by atoms with Crippen LogP contribution in [0.3, 0.4) is 0 Å². The Bertz CT molecular complexity index is 1040. The van der Waals surface area contributed by atoms with Crippen LogP contribution >= 0.6 is 11.3 Å². The molecule has 0 aliphatic carbocycles. The molecule has 0 fully saturated rings. The van der Waals surface area contributed by atoms with Crippen molar-refractivity contribution in [3.05, 3.63) is 64.9 Å². The number of furan rings is 1. The fraction of sp³-hybridized carbons (Fsp3) is 0.105. The minimum atomic E-state index is -0.717. The van der Waals surface area contributed by atoms with Gasteiger partial charge in [0.2, 0.25) is 0 Å². The molecule has 0 unspecified atom stereocenters. The first-order valence-electron chi connectivity index (χ1n) is 8.03. The van der Waals surface area contributed by atoms with Crippen molar-refractivity contribution < 1.29 is 27.5 Å². The Morgan fingerprint density at radius 3 is 2.86 bits per heavy atom. The lowest BCUT2D eigenvalue weighted by Crippen LogP contribution is -2.20. The van der Waals surface area contributed by atoms with Gasteiger partial charge in [-0.1, -0.05) is 0 Å². The fourth-order valence-electron chi connectivity index (χ4n) is 2.18. The number of aromatic nitrogens is 1. The molecule has 28 heavy (non-hydrogen) atoms. The van der Waals surface area contributed by atoms with E-state index < -0.39 is 30.1 Å². The van der Waals surface area contributed by atoms with E-state index in [1.807, 2.05) is 0 Å². The van der Waals surface area contributed by atoms with E-state index in [2.05, 4.69) is 10.3 Å². The van der Waals surface area contributed by atoms with Crippen LogP contribution in [0, 0.1) is 18.6 Å². The van der Waals surface area contributed by atoms with Crippen molar-refractivity contribution >= 4 is 34.4 Å². The Balaban J connectivity index is 1.52. The number of esters is 1. The second kappa shape index (κ2) is 8.57. The highest BCUT2D eigenvalue weighted by atomic mass is 32.1. The van der Waals surface area contributed by atoms with Gasteiger partial charge >= 0.3 is 5.97 Å². The van der Waals surface area contributed by atoms with Crippen molar-refractivity contribution in [3.8, 4) is 11.3 Å². The van der Waals surface area contributed by atoms with Crippen molar-refractivity contribution in [1.82, 2.24) is 4.98 Å². The Morgan fingerprint density at radius 1 is 1.29 bits per heavy atom. The smallest absolute Gasteiger partial charge is 0.331 e. The van der Waals surface area contributed by atoms with E-state index in [1.165, 1.54) is 11.5 Å². The van der Waals surface area contributed by atoms with Gasteiger partial charge in [0, 0.05) is 17.0 Å². The lowest BCUT2D eigenvalue weighted by atomic mass is 10.1. The van der Waals surface area contributed by atoms with Gasteiger partial charge in [-0.05, 0) is 43.3 Å². The maximum absolute atomic E-state index is 13.8. The summed E-state index contributed by atoms with van der Waals surface area (Å²) >= 11 is 1.03. The lowest BCUT2D eigenvalue weighted by Gasteiger charge is -2.02. The number of ether oxygens (including phenoxy) is 1. The number of thiazole rings is 1. The molecule has 0 saturated heterocycles. The zero-order chi connectivity index (χ0) is 20.1. The van der Waals surface area contributed by atoms with Crippen molar-refractivity contribution in [1.29, 1.82) is 0 Å². The van der Waals surface area contributed by atoms with Crippen LogP contribution < -0.4 is 5.32 Å². The first kappa shape index (κ1) is 19.4. The molecule has 9 heteroatoms. The first-order valence-corrected chi connectivity index (χ1v) is 8.91. The average molecular weight is 404 g/mol. The van der Waals surface area contributed by atoms with Gasteiger partial charge in [0.15, 0.2) is 11.7 Å². The SMILES string of the molecule is Cc1ccc(/C=C/C(=O)OCC(=O)Nc2nc(-c3cc(F)ccc3F)cs2)o1. The van der Waals surface area contributed by atoms with E-state index in [0.717, 1.165) is 35.6 Å². The molecule has 0 radical (unpaired) electrons. The van der Waals surface area contributed by atoms with Crippen LogP contribution in [0.5, 0.6) is 0 Å². The summed E-state index contributed by atoms with van der Waals surface area (Å²) in [5.41, 5.74) is 0.174. The van der Waals surface area contributed by atoms with Gasteiger partial charge in [0.25, 0.3) is 5.91 Å². The number of carbonyl (C=O) groups is 2. The number of amides is 1. The zero-order valence-corrected chi connectivity index (χ0v) is 15.4. The summed E-state index contributed by atoms with van der Waals surface area (Å²) in [7, 11) is 0. The minimum absolute atomic E-state index is 0.0125. The largest absolute Gasteiger partial charge is 0.462 e. The molecule has 1 N–H and O–H groups in total. The molecule has 1 aromatic carbocycles. The van der Waals surface area contributed by atoms with Crippen LogP contribution in [-0.2, 0) is 14.3 Å². The van der Waals surface area contributed by atoms with Crippen LogP contribution in [0.15, 0.2) is 46.2 Å². The molecule has 0 spiro atoms. The number of hydrogen-bond donors (Lipinski definition) is 1. The van der Waals surface area contributed by atoms with Gasteiger partial charge in [-0.2, -0.15) is 0 Å². The number of carbonyl (C=O) groups excluding carboxylic acids is 2. The number of nitrogens with zero attached hydrogens (tertiary/aromatic N) is 1. The highest BCUT2D eigenvalue weighted by molar-refractivity contribution is 7.14. The van der Waals surface area contributed by atoms with E-state index in [-0.39, 0.29) is 16.4 Å². The molecule has 1 amide bonds. The summed E-state index contributed by atoms with van der Waals surface area (Å²) in [5.74, 6) is -1.37. The van der Waals surface area contributed by atoms with Gasteiger partial charge in [-0.15, -0.1) is 11.3 Å². The van der Waals surface area contributed by atoms with Gasteiger partial charge in [0.1, 0.15) is 23.2 Å². The Hall–Kier alpha value is -3.33. The van der Waals surface area contributed by atoms with E-state index in [1.54, 1.807) is 19.1 Å².